The maximum absolute atomic E-state index is 8.78. The van der Waals surface area contributed by atoms with Crippen LogP contribution < -0.4 is 5.73 Å². The molecule has 0 aliphatic carbocycles. The zero-order chi connectivity index (χ0) is 10.8. The zero-order valence-electron chi connectivity index (χ0n) is 7.97. The van der Waals surface area contributed by atoms with Crippen LogP contribution in [0.1, 0.15) is 18.2 Å². The van der Waals surface area contributed by atoms with Gasteiger partial charge in [-0.15, -0.1) is 0 Å². The maximum atomic E-state index is 8.78. The second kappa shape index (κ2) is 4.26. The first-order valence-electron chi connectivity index (χ1n) is 4.58. The first kappa shape index (κ1) is 10.5. The molecule has 0 fully saturated rings. The minimum absolute atomic E-state index is 0.0617. The predicted octanol–water partition coefficient (Wildman–Crippen LogP) is 0.874. The molecule has 0 aromatic carbocycles. The number of halogens is 1. The van der Waals surface area contributed by atoms with Crippen LogP contribution in [0.4, 0.5) is 0 Å². The summed E-state index contributed by atoms with van der Waals surface area (Å²) in [5.41, 5.74) is 6.58. The van der Waals surface area contributed by atoms with Gasteiger partial charge in [0, 0.05) is 18.8 Å². The van der Waals surface area contributed by atoms with Gasteiger partial charge in [0.2, 0.25) is 5.78 Å². The first-order valence-corrected chi connectivity index (χ1v) is 5.37. The molecule has 0 aliphatic rings. The molecule has 1 unspecified atom stereocenters. The summed E-state index contributed by atoms with van der Waals surface area (Å²) >= 11 is 3.35. The van der Waals surface area contributed by atoms with Gasteiger partial charge in [-0.05, 0) is 28.4 Å². The summed E-state index contributed by atoms with van der Waals surface area (Å²) in [5, 5.41) is 8.78. The lowest BCUT2D eigenvalue weighted by Gasteiger charge is -2.08. The van der Waals surface area contributed by atoms with Crippen LogP contribution in [0.2, 0.25) is 0 Å². The number of hydrogen-bond acceptors (Lipinski definition) is 4. The van der Waals surface area contributed by atoms with Gasteiger partial charge in [0.25, 0.3) is 0 Å². The minimum atomic E-state index is -0.240. The standard InChI is InChI=1S/C9H11BrN4O/c10-8-5-12-9-13-7(1-3-14(8)9)6(11)2-4-15/h1,3,5-6,15H,2,4,11H2. The molecule has 2 aromatic rings. The number of fused-ring (bicyclic) bond motifs is 1. The third kappa shape index (κ3) is 2.01. The zero-order valence-corrected chi connectivity index (χ0v) is 9.55. The highest BCUT2D eigenvalue weighted by molar-refractivity contribution is 9.10. The van der Waals surface area contributed by atoms with Crippen molar-refractivity contribution in [1.29, 1.82) is 0 Å². The van der Waals surface area contributed by atoms with Crippen molar-refractivity contribution in [2.24, 2.45) is 5.73 Å². The lowest BCUT2D eigenvalue weighted by Crippen LogP contribution is -2.14. The van der Waals surface area contributed by atoms with Crippen molar-refractivity contribution in [3.8, 4) is 0 Å². The Labute approximate surface area is 95.1 Å². The SMILES string of the molecule is NC(CCO)c1ccn2c(Br)cnc2n1. The van der Waals surface area contributed by atoms with Gasteiger partial charge in [0.05, 0.1) is 11.9 Å². The fourth-order valence-electron chi connectivity index (χ4n) is 1.35. The Morgan fingerprint density at radius 3 is 3.13 bits per heavy atom. The Morgan fingerprint density at radius 1 is 1.60 bits per heavy atom. The summed E-state index contributed by atoms with van der Waals surface area (Å²) < 4.78 is 2.67. The van der Waals surface area contributed by atoms with Crippen molar-refractivity contribution in [2.45, 2.75) is 12.5 Å². The molecular formula is C9H11BrN4O. The van der Waals surface area contributed by atoms with Crippen LogP contribution in [0.25, 0.3) is 5.78 Å². The van der Waals surface area contributed by atoms with Crippen molar-refractivity contribution in [1.82, 2.24) is 14.4 Å². The molecule has 3 N–H and O–H groups in total. The van der Waals surface area contributed by atoms with Gasteiger partial charge in [-0.2, -0.15) is 0 Å². The molecule has 0 radical (unpaired) electrons. The number of nitrogens with two attached hydrogens (primary N) is 1. The molecule has 0 bridgehead atoms. The van der Waals surface area contributed by atoms with Crippen LogP contribution in [-0.2, 0) is 0 Å². The van der Waals surface area contributed by atoms with Gasteiger partial charge in [-0.1, -0.05) is 0 Å². The van der Waals surface area contributed by atoms with Crippen LogP contribution in [0.5, 0.6) is 0 Å². The second-order valence-electron chi connectivity index (χ2n) is 3.22. The Bertz CT molecular complexity index is 470. The average molecular weight is 271 g/mol. The van der Waals surface area contributed by atoms with E-state index in [9.17, 15) is 0 Å². The fourth-order valence-corrected chi connectivity index (χ4v) is 1.73. The third-order valence-electron chi connectivity index (χ3n) is 2.18. The summed E-state index contributed by atoms with van der Waals surface area (Å²) in [6.07, 6.45) is 4.04. The average Bonchev–Trinajstić information content (AvgIpc) is 2.60. The number of rotatable bonds is 3. The highest BCUT2D eigenvalue weighted by Gasteiger charge is 2.09. The summed E-state index contributed by atoms with van der Waals surface area (Å²) in [4.78, 5) is 8.41. The molecule has 2 aromatic heterocycles. The fraction of sp³-hybridized carbons (Fsp3) is 0.333. The van der Waals surface area contributed by atoms with E-state index in [2.05, 4.69) is 25.9 Å². The van der Waals surface area contributed by atoms with Crippen LogP contribution in [0, 0.1) is 0 Å². The van der Waals surface area contributed by atoms with E-state index < -0.39 is 0 Å². The Morgan fingerprint density at radius 2 is 2.40 bits per heavy atom. The monoisotopic (exact) mass is 270 g/mol. The highest BCUT2D eigenvalue weighted by atomic mass is 79.9. The molecular weight excluding hydrogens is 260 g/mol. The van der Waals surface area contributed by atoms with E-state index in [1.54, 1.807) is 6.20 Å². The van der Waals surface area contributed by atoms with E-state index in [0.717, 1.165) is 10.3 Å². The molecule has 2 rings (SSSR count). The quantitative estimate of drug-likeness (QED) is 0.868. The lowest BCUT2D eigenvalue weighted by atomic mass is 10.1. The van der Waals surface area contributed by atoms with Gasteiger partial charge >= 0.3 is 0 Å². The number of hydrogen-bond donors (Lipinski definition) is 2. The van der Waals surface area contributed by atoms with E-state index in [1.807, 2.05) is 16.7 Å². The number of aliphatic hydroxyl groups is 1. The molecule has 80 valence electrons. The Kier molecular flexibility index (Phi) is 2.99. The van der Waals surface area contributed by atoms with Crippen molar-refractivity contribution < 1.29 is 5.11 Å². The number of imidazole rings is 1. The molecule has 0 amide bonds. The van der Waals surface area contributed by atoms with Crippen molar-refractivity contribution in [3.63, 3.8) is 0 Å². The number of aromatic nitrogens is 3. The van der Waals surface area contributed by atoms with Gasteiger partial charge in [-0.3, -0.25) is 4.40 Å². The number of nitrogens with zero attached hydrogens (tertiary/aromatic N) is 3. The largest absolute Gasteiger partial charge is 0.396 e. The Balaban J connectivity index is 2.38. The summed E-state index contributed by atoms with van der Waals surface area (Å²) in [5.74, 6) is 0.604. The molecule has 0 saturated heterocycles. The van der Waals surface area contributed by atoms with Gasteiger partial charge < -0.3 is 10.8 Å². The van der Waals surface area contributed by atoms with E-state index in [0.29, 0.717) is 12.2 Å². The van der Waals surface area contributed by atoms with Crippen molar-refractivity contribution in [2.75, 3.05) is 6.61 Å². The van der Waals surface area contributed by atoms with Gasteiger partial charge in [0.1, 0.15) is 4.60 Å². The smallest absolute Gasteiger partial charge is 0.234 e. The van der Waals surface area contributed by atoms with Gasteiger partial charge in [-0.25, -0.2) is 9.97 Å². The third-order valence-corrected chi connectivity index (χ3v) is 2.76. The van der Waals surface area contributed by atoms with Crippen LogP contribution >= 0.6 is 15.9 Å². The predicted molar refractivity (Wildman–Crippen MR) is 59.3 cm³/mol. The maximum Gasteiger partial charge on any atom is 0.234 e. The van der Waals surface area contributed by atoms with E-state index in [1.165, 1.54) is 0 Å². The topological polar surface area (TPSA) is 76.4 Å². The molecule has 0 spiro atoms. The summed E-state index contributed by atoms with van der Waals surface area (Å²) in [6, 6.07) is 1.59. The Hall–Kier alpha value is -0.980. The molecule has 0 saturated carbocycles. The summed E-state index contributed by atoms with van der Waals surface area (Å²) in [6.45, 7) is 0.0617. The van der Waals surface area contributed by atoms with Crippen molar-refractivity contribution >= 4 is 21.7 Å². The lowest BCUT2D eigenvalue weighted by molar-refractivity contribution is 0.275. The van der Waals surface area contributed by atoms with E-state index >= 15 is 0 Å². The van der Waals surface area contributed by atoms with Crippen molar-refractivity contribution in [3.05, 3.63) is 28.8 Å². The minimum Gasteiger partial charge on any atom is -0.396 e. The molecule has 0 aliphatic heterocycles. The molecule has 1 atom stereocenters. The van der Waals surface area contributed by atoms with Crippen LogP contribution in [0.15, 0.2) is 23.1 Å². The molecule has 15 heavy (non-hydrogen) atoms. The first-order chi connectivity index (χ1) is 7.22. The van der Waals surface area contributed by atoms with Crippen LogP contribution in [-0.4, -0.2) is 26.1 Å². The normalized spacial score (nSPS) is 13.3. The second-order valence-corrected chi connectivity index (χ2v) is 4.03. The number of aliphatic hydroxyl groups excluding tert-OH is 1. The van der Waals surface area contributed by atoms with Crippen LogP contribution in [0.3, 0.4) is 0 Å². The molecule has 5 nitrogen and oxygen atoms in total. The summed E-state index contributed by atoms with van der Waals surface area (Å²) in [7, 11) is 0. The van der Waals surface area contributed by atoms with Gasteiger partial charge in [0.15, 0.2) is 0 Å². The van der Waals surface area contributed by atoms with E-state index in [4.69, 9.17) is 10.8 Å². The van der Waals surface area contributed by atoms with E-state index in [-0.39, 0.29) is 12.6 Å². The molecule has 6 heteroatoms. The molecule has 2 heterocycles. The highest BCUT2D eigenvalue weighted by Crippen LogP contribution is 2.15.